The fourth-order valence-corrected chi connectivity index (χ4v) is 4.47. The SMILES string of the molecule is S=c1[nH]nc2c3c(nc(-c4ccccc4Cl)n12)sc1ccccc13. The van der Waals surface area contributed by atoms with Gasteiger partial charge < -0.3 is 0 Å². The van der Waals surface area contributed by atoms with Crippen molar-refractivity contribution in [1.29, 1.82) is 0 Å². The maximum atomic E-state index is 6.39. The molecule has 5 aromatic rings. The molecular formula is C17H9ClN4S2. The summed E-state index contributed by atoms with van der Waals surface area (Å²) in [5, 5.41) is 10.1. The van der Waals surface area contributed by atoms with Crippen LogP contribution in [0.2, 0.25) is 5.02 Å². The van der Waals surface area contributed by atoms with Crippen LogP contribution in [0.4, 0.5) is 0 Å². The number of hydrogen-bond acceptors (Lipinski definition) is 4. The van der Waals surface area contributed by atoms with E-state index in [1.165, 1.54) is 4.70 Å². The number of fused-ring (bicyclic) bond motifs is 5. The fourth-order valence-electron chi connectivity index (χ4n) is 2.96. The van der Waals surface area contributed by atoms with E-state index in [1.807, 2.05) is 40.8 Å². The standard InChI is InChI=1S/C17H9ClN4S2/c18-11-7-3-1-5-9(11)14-19-16-13(15-20-21-17(23)22(14)15)10-6-2-4-8-12(10)24-16/h1-8H,(H,21,23). The summed E-state index contributed by atoms with van der Waals surface area (Å²) in [6.45, 7) is 0. The van der Waals surface area contributed by atoms with E-state index >= 15 is 0 Å². The summed E-state index contributed by atoms with van der Waals surface area (Å²) >= 11 is 13.5. The van der Waals surface area contributed by atoms with Crippen LogP contribution in [0, 0.1) is 4.77 Å². The lowest BCUT2D eigenvalue weighted by Crippen LogP contribution is -1.97. The smallest absolute Gasteiger partial charge is 0.201 e. The summed E-state index contributed by atoms with van der Waals surface area (Å²) in [7, 11) is 0. The molecule has 0 radical (unpaired) electrons. The Bertz CT molecular complexity index is 1300. The lowest BCUT2D eigenvalue weighted by molar-refractivity contribution is 1.06. The number of nitrogens with zero attached hydrogens (tertiary/aromatic N) is 3. The van der Waals surface area contributed by atoms with Crippen LogP contribution >= 0.6 is 35.2 Å². The summed E-state index contributed by atoms with van der Waals surface area (Å²) in [5.41, 5.74) is 1.61. The molecule has 7 heteroatoms. The van der Waals surface area contributed by atoms with Gasteiger partial charge in [0.25, 0.3) is 0 Å². The van der Waals surface area contributed by atoms with Gasteiger partial charge in [0, 0.05) is 15.6 Å². The topological polar surface area (TPSA) is 46.0 Å². The fraction of sp³-hybridized carbons (Fsp3) is 0. The van der Waals surface area contributed by atoms with Crippen molar-refractivity contribution >= 4 is 61.1 Å². The molecule has 4 nitrogen and oxygen atoms in total. The molecule has 0 aliphatic heterocycles. The minimum Gasteiger partial charge on any atom is -0.251 e. The van der Waals surface area contributed by atoms with Crippen molar-refractivity contribution in [3.8, 4) is 11.4 Å². The second kappa shape index (κ2) is 5.11. The maximum Gasteiger partial charge on any atom is 0.201 e. The monoisotopic (exact) mass is 368 g/mol. The highest BCUT2D eigenvalue weighted by molar-refractivity contribution is 7.71. The lowest BCUT2D eigenvalue weighted by atomic mass is 10.2. The normalized spacial score (nSPS) is 11.7. The molecule has 0 fully saturated rings. The molecule has 0 atom stereocenters. The predicted octanol–water partition coefficient (Wildman–Crippen LogP) is 5.48. The molecule has 3 aromatic heterocycles. The molecule has 0 amide bonds. The summed E-state index contributed by atoms with van der Waals surface area (Å²) < 4.78 is 3.54. The van der Waals surface area contributed by atoms with Gasteiger partial charge in [-0.2, -0.15) is 5.10 Å². The average molecular weight is 369 g/mol. The molecule has 0 aliphatic rings. The van der Waals surface area contributed by atoms with Gasteiger partial charge in [-0.05, 0) is 30.4 Å². The number of thiophene rings is 1. The van der Waals surface area contributed by atoms with Crippen molar-refractivity contribution in [2.75, 3.05) is 0 Å². The number of aromatic amines is 1. The van der Waals surface area contributed by atoms with Gasteiger partial charge in [0.2, 0.25) is 4.77 Å². The van der Waals surface area contributed by atoms with Crippen molar-refractivity contribution in [2.45, 2.75) is 0 Å². The Labute approximate surface area is 150 Å². The molecule has 0 saturated heterocycles. The highest BCUT2D eigenvalue weighted by Crippen LogP contribution is 2.37. The molecule has 0 aliphatic carbocycles. The molecule has 0 bridgehead atoms. The van der Waals surface area contributed by atoms with Crippen LogP contribution in [0.25, 0.3) is 37.3 Å². The Balaban J connectivity index is 2.05. The highest BCUT2D eigenvalue weighted by Gasteiger charge is 2.18. The number of halogens is 1. The molecule has 0 saturated carbocycles. The zero-order valence-corrected chi connectivity index (χ0v) is 14.5. The number of nitrogens with one attached hydrogen (secondary N) is 1. The first-order chi connectivity index (χ1) is 11.7. The quantitative estimate of drug-likeness (QED) is 0.399. The molecule has 0 spiro atoms. The van der Waals surface area contributed by atoms with Crippen molar-refractivity contribution in [3.05, 3.63) is 58.3 Å². The largest absolute Gasteiger partial charge is 0.251 e. The number of rotatable bonds is 1. The van der Waals surface area contributed by atoms with E-state index in [0.717, 1.165) is 26.8 Å². The number of aromatic nitrogens is 4. The first-order valence-corrected chi connectivity index (χ1v) is 8.87. The van der Waals surface area contributed by atoms with E-state index in [9.17, 15) is 0 Å². The van der Waals surface area contributed by atoms with Crippen LogP contribution in [0.15, 0.2) is 48.5 Å². The summed E-state index contributed by atoms with van der Waals surface area (Å²) in [5.74, 6) is 0.702. The van der Waals surface area contributed by atoms with Crippen molar-refractivity contribution in [1.82, 2.24) is 19.6 Å². The molecule has 3 heterocycles. The van der Waals surface area contributed by atoms with E-state index in [1.54, 1.807) is 11.3 Å². The summed E-state index contributed by atoms with van der Waals surface area (Å²) in [6.07, 6.45) is 0. The summed E-state index contributed by atoms with van der Waals surface area (Å²) in [4.78, 5) is 5.80. The average Bonchev–Trinajstić information content (AvgIpc) is 3.15. The Hall–Kier alpha value is -2.28. The third-order valence-corrected chi connectivity index (χ3v) is 5.67. The van der Waals surface area contributed by atoms with E-state index in [0.29, 0.717) is 15.6 Å². The van der Waals surface area contributed by atoms with Gasteiger partial charge in [0.1, 0.15) is 4.83 Å². The molecule has 5 rings (SSSR count). The molecule has 1 N–H and O–H groups in total. The summed E-state index contributed by atoms with van der Waals surface area (Å²) in [6, 6.07) is 15.9. The van der Waals surface area contributed by atoms with Crippen molar-refractivity contribution < 1.29 is 0 Å². The third-order valence-electron chi connectivity index (χ3n) is 4.01. The van der Waals surface area contributed by atoms with Gasteiger partial charge in [0.05, 0.1) is 10.4 Å². The van der Waals surface area contributed by atoms with Crippen LogP contribution in [-0.2, 0) is 0 Å². The lowest BCUT2D eigenvalue weighted by Gasteiger charge is -2.07. The minimum absolute atomic E-state index is 0.504. The molecule has 2 aromatic carbocycles. The van der Waals surface area contributed by atoms with E-state index < -0.39 is 0 Å². The Morgan fingerprint density at radius 2 is 1.88 bits per heavy atom. The predicted molar refractivity (Wildman–Crippen MR) is 102 cm³/mol. The van der Waals surface area contributed by atoms with Gasteiger partial charge in [-0.25, -0.2) is 4.98 Å². The van der Waals surface area contributed by atoms with E-state index in [4.69, 9.17) is 28.8 Å². The van der Waals surface area contributed by atoms with Gasteiger partial charge >= 0.3 is 0 Å². The molecular weight excluding hydrogens is 360 g/mol. The van der Waals surface area contributed by atoms with Crippen LogP contribution in [0.3, 0.4) is 0 Å². The van der Waals surface area contributed by atoms with Gasteiger partial charge in [-0.3, -0.25) is 9.50 Å². The van der Waals surface area contributed by atoms with Gasteiger partial charge in [0.15, 0.2) is 11.5 Å². The maximum absolute atomic E-state index is 6.39. The Kier molecular flexibility index (Phi) is 3.00. The third kappa shape index (κ3) is 1.87. The number of hydrogen-bond donors (Lipinski definition) is 1. The zero-order chi connectivity index (χ0) is 16.3. The Morgan fingerprint density at radius 1 is 1.08 bits per heavy atom. The highest BCUT2D eigenvalue weighted by atomic mass is 35.5. The van der Waals surface area contributed by atoms with Crippen molar-refractivity contribution in [3.63, 3.8) is 0 Å². The van der Waals surface area contributed by atoms with Crippen LogP contribution in [0.1, 0.15) is 0 Å². The number of H-pyrrole nitrogens is 1. The second-order valence-electron chi connectivity index (χ2n) is 5.38. The number of benzene rings is 2. The minimum atomic E-state index is 0.504. The molecule has 0 unspecified atom stereocenters. The molecule has 116 valence electrons. The van der Waals surface area contributed by atoms with E-state index in [-0.39, 0.29) is 0 Å². The molecule has 24 heavy (non-hydrogen) atoms. The van der Waals surface area contributed by atoms with Crippen LogP contribution < -0.4 is 0 Å². The van der Waals surface area contributed by atoms with Gasteiger partial charge in [-0.1, -0.05) is 41.9 Å². The Morgan fingerprint density at radius 3 is 2.75 bits per heavy atom. The van der Waals surface area contributed by atoms with Crippen LogP contribution in [0.5, 0.6) is 0 Å². The first-order valence-electron chi connectivity index (χ1n) is 7.27. The van der Waals surface area contributed by atoms with Crippen molar-refractivity contribution in [2.24, 2.45) is 0 Å². The van der Waals surface area contributed by atoms with Crippen LogP contribution in [-0.4, -0.2) is 19.6 Å². The van der Waals surface area contributed by atoms with E-state index in [2.05, 4.69) is 22.3 Å². The van der Waals surface area contributed by atoms with Gasteiger partial charge in [-0.15, -0.1) is 11.3 Å². The zero-order valence-electron chi connectivity index (χ0n) is 12.2. The second-order valence-corrected chi connectivity index (χ2v) is 7.21. The first kappa shape index (κ1) is 14.1.